The van der Waals surface area contributed by atoms with Gasteiger partial charge < -0.3 is 10.3 Å². The molecule has 8 heteroatoms. The van der Waals surface area contributed by atoms with Crippen LogP contribution in [0.2, 0.25) is 0 Å². The summed E-state index contributed by atoms with van der Waals surface area (Å²) in [5.41, 5.74) is 1.33. The van der Waals surface area contributed by atoms with Crippen LogP contribution in [-0.4, -0.2) is 31.8 Å². The average molecular weight is 393 g/mol. The molecule has 0 bridgehead atoms. The first-order valence-electron chi connectivity index (χ1n) is 9.30. The lowest BCUT2D eigenvalue weighted by Crippen LogP contribution is -2.32. The van der Waals surface area contributed by atoms with Crippen molar-refractivity contribution in [2.75, 3.05) is 6.54 Å². The Hall–Kier alpha value is -3.13. The summed E-state index contributed by atoms with van der Waals surface area (Å²) in [5.74, 6) is 0.536. The number of aromatic nitrogens is 4. The maximum Gasteiger partial charge on any atom is 0.346 e. The van der Waals surface area contributed by atoms with E-state index in [0.29, 0.717) is 18.8 Å². The van der Waals surface area contributed by atoms with Gasteiger partial charge in [0.25, 0.3) is 5.91 Å². The van der Waals surface area contributed by atoms with Gasteiger partial charge in [-0.1, -0.05) is 24.3 Å². The first-order chi connectivity index (χ1) is 13.7. The first-order valence-corrected chi connectivity index (χ1v) is 10.2. The Morgan fingerprint density at radius 3 is 2.86 bits per heavy atom. The van der Waals surface area contributed by atoms with E-state index in [1.54, 1.807) is 15.9 Å². The van der Waals surface area contributed by atoms with Gasteiger partial charge in [0.1, 0.15) is 5.69 Å². The standard InChI is InChI=1S/C20H19N5O2S/c26-19(16-12-13-4-1-2-5-15(13)22-16)21-9-10-24-20(27)25(14-7-8-14)18(23-24)17-6-3-11-28-17/h1-6,11-12,14,22H,7-10H2,(H,21,26). The molecule has 1 fully saturated rings. The fraction of sp³-hybridized carbons (Fsp3) is 0.250. The van der Waals surface area contributed by atoms with Gasteiger partial charge in [-0.15, -0.1) is 16.4 Å². The number of benzene rings is 1. The van der Waals surface area contributed by atoms with E-state index in [2.05, 4.69) is 15.4 Å². The number of carbonyl (C=O) groups excluding carboxylic acids is 1. The molecule has 4 aromatic rings. The topological polar surface area (TPSA) is 84.7 Å². The molecule has 3 heterocycles. The Balaban J connectivity index is 1.31. The number of rotatable bonds is 6. The van der Waals surface area contributed by atoms with E-state index in [0.717, 1.165) is 34.4 Å². The number of nitrogens with one attached hydrogen (secondary N) is 2. The summed E-state index contributed by atoms with van der Waals surface area (Å²) < 4.78 is 3.25. The van der Waals surface area contributed by atoms with Crippen molar-refractivity contribution in [3.8, 4) is 10.7 Å². The zero-order valence-corrected chi connectivity index (χ0v) is 15.9. The van der Waals surface area contributed by atoms with Crippen molar-refractivity contribution in [2.24, 2.45) is 0 Å². The van der Waals surface area contributed by atoms with Crippen molar-refractivity contribution in [1.82, 2.24) is 24.6 Å². The van der Waals surface area contributed by atoms with Gasteiger partial charge in [-0.25, -0.2) is 9.48 Å². The molecule has 0 radical (unpaired) electrons. The van der Waals surface area contributed by atoms with E-state index in [1.165, 1.54) is 4.68 Å². The van der Waals surface area contributed by atoms with Gasteiger partial charge in [-0.05, 0) is 36.4 Å². The van der Waals surface area contributed by atoms with E-state index in [4.69, 9.17) is 0 Å². The van der Waals surface area contributed by atoms with Crippen LogP contribution in [-0.2, 0) is 6.54 Å². The van der Waals surface area contributed by atoms with Crippen LogP contribution < -0.4 is 11.0 Å². The number of H-pyrrole nitrogens is 1. The SMILES string of the molecule is O=C(NCCn1nc(-c2cccs2)n(C2CC2)c1=O)c1cc2ccccc2[nH]1. The highest BCUT2D eigenvalue weighted by Gasteiger charge is 2.30. The van der Waals surface area contributed by atoms with E-state index >= 15 is 0 Å². The van der Waals surface area contributed by atoms with E-state index in [9.17, 15) is 9.59 Å². The molecule has 3 aromatic heterocycles. The molecule has 1 saturated carbocycles. The summed E-state index contributed by atoms with van der Waals surface area (Å²) >= 11 is 1.58. The smallest absolute Gasteiger partial charge is 0.346 e. The molecule has 142 valence electrons. The van der Waals surface area contributed by atoms with Crippen LogP contribution in [0, 0.1) is 0 Å². The van der Waals surface area contributed by atoms with E-state index in [-0.39, 0.29) is 17.6 Å². The number of fused-ring (bicyclic) bond motifs is 1. The number of aromatic amines is 1. The van der Waals surface area contributed by atoms with Crippen LogP contribution in [0.5, 0.6) is 0 Å². The zero-order chi connectivity index (χ0) is 19.1. The predicted molar refractivity (Wildman–Crippen MR) is 109 cm³/mol. The normalized spacial score (nSPS) is 13.9. The maximum atomic E-state index is 12.8. The second kappa shape index (κ2) is 6.79. The molecule has 1 aliphatic rings. The molecule has 7 nitrogen and oxygen atoms in total. The lowest BCUT2D eigenvalue weighted by atomic mass is 10.2. The fourth-order valence-electron chi connectivity index (χ4n) is 3.37. The third-order valence-electron chi connectivity index (χ3n) is 4.91. The number of nitrogens with zero attached hydrogens (tertiary/aromatic N) is 3. The Kier molecular flexibility index (Phi) is 4.12. The van der Waals surface area contributed by atoms with Gasteiger partial charge >= 0.3 is 5.69 Å². The minimum atomic E-state index is -0.190. The molecule has 0 saturated heterocycles. The van der Waals surface area contributed by atoms with E-state index in [1.807, 2.05) is 47.8 Å². The molecule has 0 unspecified atom stereocenters. The number of hydrogen-bond acceptors (Lipinski definition) is 4. The Labute approximate surface area is 164 Å². The maximum absolute atomic E-state index is 12.8. The van der Waals surface area contributed by atoms with Crippen molar-refractivity contribution < 1.29 is 4.79 Å². The monoisotopic (exact) mass is 393 g/mol. The molecule has 0 spiro atoms. The van der Waals surface area contributed by atoms with Crippen LogP contribution in [0.1, 0.15) is 29.4 Å². The zero-order valence-electron chi connectivity index (χ0n) is 15.1. The Morgan fingerprint density at radius 2 is 2.11 bits per heavy atom. The van der Waals surface area contributed by atoms with Crippen molar-refractivity contribution in [3.05, 3.63) is 64.0 Å². The quantitative estimate of drug-likeness (QED) is 0.528. The lowest BCUT2D eigenvalue weighted by molar-refractivity contribution is 0.0947. The second-order valence-corrected chi connectivity index (χ2v) is 7.88. The summed E-state index contributed by atoms with van der Waals surface area (Å²) in [6.45, 7) is 0.669. The van der Waals surface area contributed by atoms with Gasteiger partial charge in [0.2, 0.25) is 0 Å². The molecule has 28 heavy (non-hydrogen) atoms. The summed E-state index contributed by atoms with van der Waals surface area (Å²) in [4.78, 5) is 29.3. The van der Waals surface area contributed by atoms with E-state index < -0.39 is 0 Å². The van der Waals surface area contributed by atoms with Crippen LogP contribution >= 0.6 is 11.3 Å². The van der Waals surface area contributed by atoms with Crippen molar-refractivity contribution in [1.29, 1.82) is 0 Å². The van der Waals surface area contributed by atoms with Crippen LogP contribution in [0.3, 0.4) is 0 Å². The first kappa shape index (κ1) is 17.0. The van der Waals surface area contributed by atoms with Gasteiger partial charge in [0.05, 0.1) is 11.4 Å². The molecular formula is C20H19N5O2S. The van der Waals surface area contributed by atoms with Gasteiger partial charge in [-0.2, -0.15) is 0 Å². The Morgan fingerprint density at radius 1 is 1.25 bits per heavy atom. The van der Waals surface area contributed by atoms with Gasteiger partial charge in [-0.3, -0.25) is 9.36 Å². The molecule has 2 N–H and O–H groups in total. The number of amides is 1. The summed E-state index contributed by atoms with van der Waals surface area (Å²) in [6.07, 6.45) is 2.03. The minimum absolute atomic E-state index is 0.106. The van der Waals surface area contributed by atoms with Crippen molar-refractivity contribution in [2.45, 2.75) is 25.4 Å². The number of hydrogen-bond donors (Lipinski definition) is 2. The third kappa shape index (κ3) is 3.05. The van der Waals surface area contributed by atoms with Crippen LogP contribution in [0.25, 0.3) is 21.6 Å². The fourth-order valence-corrected chi connectivity index (χ4v) is 4.07. The number of carbonyl (C=O) groups is 1. The van der Waals surface area contributed by atoms with Gasteiger partial charge in [0.15, 0.2) is 5.82 Å². The Bertz CT molecular complexity index is 1160. The van der Waals surface area contributed by atoms with Gasteiger partial charge in [0, 0.05) is 23.5 Å². The van der Waals surface area contributed by atoms with Crippen molar-refractivity contribution >= 4 is 28.1 Å². The highest BCUT2D eigenvalue weighted by atomic mass is 32.1. The molecule has 0 atom stereocenters. The predicted octanol–water partition coefficient (Wildman–Crippen LogP) is 3.02. The van der Waals surface area contributed by atoms with Crippen LogP contribution in [0.4, 0.5) is 0 Å². The molecule has 1 amide bonds. The highest BCUT2D eigenvalue weighted by molar-refractivity contribution is 7.13. The average Bonchev–Trinajstić information content (AvgIpc) is 3.11. The molecule has 1 aromatic carbocycles. The van der Waals surface area contributed by atoms with Crippen LogP contribution in [0.15, 0.2) is 52.6 Å². The molecule has 1 aliphatic carbocycles. The largest absolute Gasteiger partial charge is 0.351 e. The lowest BCUT2D eigenvalue weighted by Gasteiger charge is -2.03. The highest BCUT2D eigenvalue weighted by Crippen LogP contribution is 2.37. The number of thiophene rings is 1. The molecular weight excluding hydrogens is 374 g/mol. The second-order valence-electron chi connectivity index (χ2n) is 6.93. The summed E-state index contributed by atoms with van der Waals surface area (Å²) in [7, 11) is 0. The summed E-state index contributed by atoms with van der Waals surface area (Å²) in [5, 5.41) is 10.4. The molecule has 5 rings (SSSR count). The summed E-state index contributed by atoms with van der Waals surface area (Å²) in [6, 6.07) is 13.8. The third-order valence-corrected chi connectivity index (χ3v) is 5.77. The van der Waals surface area contributed by atoms with Crippen molar-refractivity contribution in [3.63, 3.8) is 0 Å². The number of para-hydroxylation sites is 1. The molecule has 0 aliphatic heterocycles. The minimum Gasteiger partial charge on any atom is -0.351 e.